The second kappa shape index (κ2) is 9.28. The highest BCUT2D eigenvalue weighted by Crippen LogP contribution is 2.32. The van der Waals surface area contributed by atoms with Crippen molar-refractivity contribution < 1.29 is 4.74 Å². The molecule has 0 saturated carbocycles. The first kappa shape index (κ1) is 22.1. The number of hydrogen-bond acceptors (Lipinski definition) is 8. The van der Waals surface area contributed by atoms with E-state index in [1.807, 2.05) is 30.3 Å². The summed E-state index contributed by atoms with van der Waals surface area (Å²) in [6.45, 7) is 3.74. The van der Waals surface area contributed by atoms with E-state index in [0.717, 1.165) is 43.3 Å². The average Bonchev–Trinajstić information content (AvgIpc) is 2.87. The summed E-state index contributed by atoms with van der Waals surface area (Å²) < 4.78 is 7.20. The third-order valence-corrected chi connectivity index (χ3v) is 6.14. The molecule has 174 valence electrons. The minimum Gasteiger partial charge on any atom is -0.495 e. The number of nitrogens with zero attached hydrogens (tertiary/aromatic N) is 5. The maximum atomic E-state index is 13.1. The predicted molar refractivity (Wildman–Crippen MR) is 134 cm³/mol. The van der Waals surface area contributed by atoms with Crippen molar-refractivity contribution in [3.8, 4) is 17.0 Å². The van der Waals surface area contributed by atoms with Gasteiger partial charge < -0.3 is 20.3 Å². The molecule has 2 aromatic carbocycles. The van der Waals surface area contributed by atoms with Gasteiger partial charge in [0.2, 0.25) is 11.4 Å². The standard InChI is InChI=1S/C24H24ClN7O2/c1-31-23-17(22(33)21(30-31)16-5-3-4-6-18(16)25)14-27-24(29-23)28-15-7-8-19(20(13-15)34-2)32-11-9-26-10-12-32/h3-8,13-14,26H,9-12H2,1-2H3,(H,27,28,29). The molecule has 1 saturated heterocycles. The molecule has 34 heavy (non-hydrogen) atoms. The Bertz CT molecular complexity index is 1420. The van der Waals surface area contributed by atoms with E-state index in [1.165, 1.54) is 6.20 Å². The van der Waals surface area contributed by atoms with E-state index in [4.69, 9.17) is 16.3 Å². The molecule has 2 N–H and O–H groups in total. The van der Waals surface area contributed by atoms with Crippen LogP contribution in [-0.4, -0.2) is 53.0 Å². The Morgan fingerprint density at radius 3 is 2.71 bits per heavy atom. The fourth-order valence-corrected chi connectivity index (χ4v) is 4.32. The number of halogens is 1. The molecule has 9 nitrogen and oxygen atoms in total. The minimum atomic E-state index is -0.269. The second-order valence-electron chi connectivity index (χ2n) is 7.96. The molecule has 1 fully saturated rings. The molecular weight excluding hydrogens is 454 g/mol. The number of rotatable bonds is 5. The van der Waals surface area contributed by atoms with Gasteiger partial charge in [0.25, 0.3) is 0 Å². The van der Waals surface area contributed by atoms with Crippen LogP contribution in [0.1, 0.15) is 0 Å². The number of benzene rings is 2. The summed E-state index contributed by atoms with van der Waals surface area (Å²) in [5.74, 6) is 1.12. The van der Waals surface area contributed by atoms with Crippen molar-refractivity contribution >= 4 is 40.0 Å². The van der Waals surface area contributed by atoms with Crippen molar-refractivity contribution in [2.45, 2.75) is 0 Å². The highest BCUT2D eigenvalue weighted by Gasteiger charge is 2.17. The van der Waals surface area contributed by atoms with Crippen molar-refractivity contribution in [3.63, 3.8) is 0 Å². The molecule has 5 rings (SSSR count). The Hall–Kier alpha value is -3.69. The van der Waals surface area contributed by atoms with Gasteiger partial charge >= 0.3 is 0 Å². The Morgan fingerprint density at radius 2 is 1.94 bits per heavy atom. The molecule has 0 radical (unpaired) electrons. The van der Waals surface area contributed by atoms with E-state index in [1.54, 1.807) is 31.0 Å². The van der Waals surface area contributed by atoms with Crippen LogP contribution in [0.5, 0.6) is 5.75 Å². The normalized spacial score (nSPS) is 13.8. The van der Waals surface area contributed by atoms with Crippen LogP contribution in [0.25, 0.3) is 22.3 Å². The van der Waals surface area contributed by atoms with E-state index < -0.39 is 0 Å². The average molecular weight is 478 g/mol. The zero-order valence-electron chi connectivity index (χ0n) is 18.9. The number of piperazine rings is 1. The number of ether oxygens (including phenoxy) is 1. The second-order valence-corrected chi connectivity index (χ2v) is 8.37. The van der Waals surface area contributed by atoms with Crippen LogP contribution >= 0.6 is 11.6 Å². The molecule has 1 aliphatic heterocycles. The first-order valence-electron chi connectivity index (χ1n) is 10.9. The van der Waals surface area contributed by atoms with E-state index in [0.29, 0.717) is 27.6 Å². The number of aryl methyl sites for hydroxylation is 1. The van der Waals surface area contributed by atoms with Crippen LogP contribution in [0.2, 0.25) is 5.02 Å². The lowest BCUT2D eigenvalue weighted by Crippen LogP contribution is -2.43. The summed E-state index contributed by atoms with van der Waals surface area (Å²) in [6.07, 6.45) is 1.52. The van der Waals surface area contributed by atoms with Gasteiger partial charge in [-0.1, -0.05) is 29.8 Å². The highest BCUT2D eigenvalue weighted by molar-refractivity contribution is 6.33. The van der Waals surface area contributed by atoms with E-state index in [-0.39, 0.29) is 11.1 Å². The number of hydrogen-bond donors (Lipinski definition) is 2. The first-order chi connectivity index (χ1) is 16.5. The van der Waals surface area contributed by atoms with Crippen LogP contribution in [0.4, 0.5) is 17.3 Å². The van der Waals surface area contributed by atoms with Gasteiger partial charge in [0, 0.05) is 56.7 Å². The number of fused-ring (bicyclic) bond motifs is 1. The summed E-state index contributed by atoms with van der Waals surface area (Å²) in [6, 6.07) is 13.0. The molecule has 1 aliphatic rings. The third kappa shape index (κ3) is 4.15. The molecule has 3 heterocycles. The molecule has 10 heteroatoms. The quantitative estimate of drug-likeness (QED) is 0.452. The first-order valence-corrected chi connectivity index (χ1v) is 11.3. The molecule has 0 amide bonds. The summed E-state index contributed by atoms with van der Waals surface area (Å²) in [5.41, 5.74) is 2.81. The molecule has 0 bridgehead atoms. The predicted octanol–water partition coefficient (Wildman–Crippen LogP) is 3.21. The number of anilines is 3. The zero-order valence-corrected chi connectivity index (χ0v) is 19.6. The minimum absolute atomic E-state index is 0.262. The Labute approximate surface area is 201 Å². The van der Waals surface area contributed by atoms with Gasteiger partial charge in [-0.3, -0.25) is 4.79 Å². The third-order valence-electron chi connectivity index (χ3n) is 5.81. The lowest BCUT2D eigenvalue weighted by atomic mass is 10.1. The Kier molecular flexibility index (Phi) is 6.04. The smallest absolute Gasteiger partial charge is 0.229 e. The van der Waals surface area contributed by atoms with E-state index in [9.17, 15) is 4.79 Å². The van der Waals surface area contributed by atoms with Gasteiger partial charge in [0.05, 0.1) is 23.2 Å². The van der Waals surface area contributed by atoms with Gasteiger partial charge in [-0.05, 0) is 18.2 Å². The summed E-state index contributed by atoms with van der Waals surface area (Å²) in [5, 5.41) is 11.8. The van der Waals surface area contributed by atoms with Crippen molar-refractivity contribution in [2.24, 2.45) is 7.05 Å². The van der Waals surface area contributed by atoms with Crippen molar-refractivity contribution in [2.75, 3.05) is 43.5 Å². The molecule has 0 atom stereocenters. The fourth-order valence-electron chi connectivity index (χ4n) is 4.09. The van der Waals surface area contributed by atoms with Crippen molar-refractivity contribution in [1.82, 2.24) is 25.1 Å². The van der Waals surface area contributed by atoms with E-state index in [2.05, 4.69) is 30.6 Å². The van der Waals surface area contributed by atoms with Crippen molar-refractivity contribution in [1.29, 1.82) is 0 Å². The molecular formula is C24H24ClN7O2. The number of methoxy groups -OCH3 is 1. The lowest BCUT2D eigenvalue weighted by molar-refractivity contribution is 0.413. The molecule has 0 spiro atoms. The lowest BCUT2D eigenvalue weighted by Gasteiger charge is -2.30. The molecule has 4 aromatic rings. The monoisotopic (exact) mass is 477 g/mol. The van der Waals surface area contributed by atoms with Gasteiger partial charge in [-0.25, -0.2) is 9.67 Å². The Morgan fingerprint density at radius 1 is 1.15 bits per heavy atom. The summed E-state index contributed by atoms with van der Waals surface area (Å²) in [7, 11) is 3.40. The zero-order chi connectivity index (χ0) is 23.7. The van der Waals surface area contributed by atoms with Gasteiger partial charge in [0.15, 0.2) is 5.65 Å². The summed E-state index contributed by atoms with van der Waals surface area (Å²) in [4.78, 5) is 24.3. The van der Waals surface area contributed by atoms with E-state index >= 15 is 0 Å². The van der Waals surface area contributed by atoms with Gasteiger partial charge in [0.1, 0.15) is 11.4 Å². The highest BCUT2D eigenvalue weighted by atomic mass is 35.5. The molecule has 2 aromatic heterocycles. The maximum Gasteiger partial charge on any atom is 0.229 e. The van der Waals surface area contributed by atoms with Crippen LogP contribution in [-0.2, 0) is 7.05 Å². The molecule has 0 aliphatic carbocycles. The maximum absolute atomic E-state index is 13.1. The molecule has 0 unspecified atom stereocenters. The number of aromatic nitrogens is 4. The van der Waals surface area contributed by atoms with Gasteiger partial charge in [-0.15, -0.1) is 0 Å². The number of nitrogens with one attached hydrogen (secondary N) is 2. The van der Waals surface area contributed by atoms with Gasteiger partial charge in [-0.2, -0.15) is 10.1 Å². The fraction of sp³-hybridized carbons (Fsp3) is 0.250. The summed E-state index contributed by atoms with van der Waals surface area (Å²) >= 11 is 6.29. The van der Waals surface area contributed by atoms with Crippen molar-refractivity contribution in [3.05, 3.63) is 63.9 Å². The van der Waals surface area contributed by atoms with Crippen LogP contribution < -0.4 is 25.7 Å². The van der Waals surface area contributed by atoms with Crippen LogP contribution in [0.15, 0.2) is 53.5 Å². The largest absolute Gasteiger partial charge is 0.495 e. The van der Waals surface area contributed by atoms with Crippen LogP contribution in [0, 0.1) is 0 Å². The van der Waals surface area contributed by atoms with Crippen LogP contribution in [0.3, 0.4) is 0 Å². The topological polar surface area (TPSA) is 97.2 Å². The Balaban J connectivity index is 1.47. The SMILES string of the molecule is COc1cc(Nc2ncc3c(=O)c(-c4ccccc4Cl)nn(C)c3n2)ccc1N1CCNCC1.